The number of rotatable bonds is 6. The van der Waals surface area contributed by atoms with Crippen LogP contribution in [0.1, 0.15) is 25.8 Å². The van der Waals surface area contributed by atoms with Crippen molar-refractivity contribution in [2.45, 2.75) is 26.7 Å². The van der Waals surface area contributed by atoms with Crippen molar-refractivity contribution in [2.24, 2.45) is 0 Å². The van der Waals surface area contributed by atoms with Crippen molar-refractivity contribution in [1.82, 2.24) is 4.90 Å². The van der Waals surface area contributed by atoms with Gasteiger partial charge in [0.05, 0.1) is 4.92 Å². The first kappa shape index (κ1) is 14.9. The molecule has 0 unspecified atom stereocenters. The zero-order valence-corrected chi connectivity index (χ0v) is 11.3. The van der Waals surface area contributed by atoms with E-state index in [9.17, 15) is 14.9 Å². The quantitative estimate of drug-likeness (QED) is 0.484. The summed E-state index contributed by atoms with van der Waals surface area (Å²) in [6.45, 7) is 5.21. The van der Waals surface area contributed by atoms with Gasteiger partial charge in [0.1, 0.15) is 5.69 Å². The SMILES string of the molecule is CCN(CC)C(=O)CCc1ccc(N)c([N+](=O)[O-])c1. The van der Waals surface area contributed by atoms with Crippen LogP contribution in [0.5, 0.6) is 0 Å². The maximum absolute atomic E-state index is 11.8. The number of amides is 1. The zero-order valence-electron chi connectivity index (χ0n) is 11.3. The highest BCUT2D eigenvalue weighted by atomic mass is 16.6. The van der Waals surface area contributed by atoms with Crippen LogP contribution in [0.15, 0.2) is 18.2 Å². The molecule has 0 spiro atoms. The second-order valence-electron chi connectivity index (χ2n) is 4.22. The fraction of sp³-hybridized carbons (Fsp3) is 0.462. The van der Waals surface area contributed by atoms with Gasteiger partial charge >= 0.3 is 0 Å². The molecule has 6 nitrogen and oxygen atoms in total. The second-order valence-corrected chi connectivity index (χ2v) is 4.22. The van der Waals surface area contributed by atoms with Crippen molar-refractivity contribution in [3.63, 3.8) is 0 Å². The summed E-state index contributed by atoms with van der Waals surface area (Å²) < 4.78 is 0. The second kappa shape index (κ2) is 6.72. The summed E-state index contributed by atoms with van der Waals surface area (Å²) in [6, 6.07) is 4.66. The van der Waals surface area contributed by atoms with Crippen molar-refractivity contribution in [2.75, 3.05) is 18.8 Å². The Labute approximate surface area is 112 Å². The summed E-state index contributed by atoms with van der Waals surface area (Å²) in [6.07, 6.45) is 0.833. The predicted molar refractivity (Wildman–Crippen MR) is 73.8 cm³/mol. The van der Waals surface area contributed by atoms with Gasteiger partial charge in [-0.15, -0.1) is 0 Å². The number of carbonyl (C=O) groups is 1. The van der Waals surface area contributed by atoms with Gasteiger partial charge in [-0.1, -0.05) is 6.07 Å². The Balaban J connectivity index is 2.71. The molecule has 0 radical (unpaired) electrons. The van der Waals surface area contributed by atoms with Crippen molar-refractivity contribution in [1.29, 1.82) is 0 Å². The largest absolute Gasteiger partial charge is 0.393 e. The average molecular weight is 265 g/mol. The number of nitro groups is 1. The molecule has 2 N–H and O–H groups in total. The molecule has 104 valence electrons. The number of anilines is 1. The van der Waals surface area contributed by atoms with Gasteiger partial charge < -0.3 is 10.6 Å². The Hall–Kier alpha value is -2.11. The number of benzene rings is 1. The third-order valence-corrected chi connectivity index (χ3v) is 3.04. The first-order valence-electron chi connectivity index (χ1n) is 6.30. The van der Waals surface area contributed by atoms with E-state index in [-0.39, 0.29) is 17.3 Å². The summed E-state index contributed by atoms with van der Waals surface area (Å²) in [5, 5.41) is 10.8. The molecule has 1 rings (SSSR count). The van der Waals surface area contributed by atoms with Gasteiger partial charge in [-0.2, -0.15) is 0 Å². The Bertz CT molecular complexity index is 470. The third-order valence-electron chi connectivity index (χ3n) is 3.04. The molecule has 0 aliphatic carbocycles. The Morgan fingerprint density at radius 3 is 2.53 bits per heavy atom. The summed E-state index contributed by atoms with van der Waals surface area (Å²) in [5.41, 5.74) is 6.31. The zero-order chi connectivity index (χ0) is 14.4. The molecule has 0 aliphatic heterocycles. The number of nitrogen functional groups attached to an aromatic ring is 1. The molecular weight excluding hydrogens is 246 g/mol. The lowest BCUT2D eigenvalue weighted by Gasteiger charge is -2.18. The fourth-order valence-corrected chi connectivity index (χ4v) is 1.89. The summed E-state index contributed by atoms with van der Waals surface area (Å²) in [7, 11) is 0. The van der Waals surface area contributed by atoms with E-state index in [1.54, 1.807) is 11.0 Å². The van der Waals surface area contributed by atoms with Gasteiger partial charge in [0.15, 0.2) is 0 Å². The summed E-state index contributed by atoms with van der Waals surface area (Å²) in [4.78, 5) is 23.8. The molecule has 1 aromatic carbocycles. The predicted octanol–water partition coefficient (Wildman–Crippen LogP) is 1.98. The summed E-state index contributed by atoms with van der Waals surface area (Å²) >= 11 is 0. The van der Waals surface area contributed by atoms with Crippen molar-refractivity contribution >= 4 is 17.3 Å². The van der Waals surface area contributed by atoms with E-state index < -0.39 is 4.92 Å². The molecule has 0 bridgehead atoms. The third kappa shape index (κ3) is 3.94. The normalized spacial score (nSPS) is 10.2. The minimum absolute atomic E-state index is 0.0597. The Morgan fingerprint density at radius 2 is 2.00 bits per heavy atom. The number of hydrogen-bond acceptors (Lipinski definition) is 4. The molecule has 0 heterocycles. The maximum atomic E-state index is 11.8. The Morgan fingerprint density at radius 1 is 1.37 bits per heavy atom. The number of aryl methyl sites for hydroxylation is 1. The Kier molecular flexibility index (Phi) is 5.29. The monoisotopic (exact) mass is 265 g/mol. The van der Waals surface area contributed by atoms with Gasteiger partial charge in [0.25, 0.3) is 5.69 Å². The highest BCUT2D eigenvalue weighted by Crippen LogP contribution is 2.23. The number of nitrogens with two attached hydrogens (primary N) is 1. The number of nitrogens with zero attached hydrogens (tertiary/aromatic N) is 2. The minimum atomic E-state index is -0.509. The lowest BCUT2D eigenvalue weighted by molar-refractivity contribution is -0.384. The van der Waals surface area contributed by atoms with Crippen LogP contribution < -0.4 is 5.73 Å². The van der Waals surface area contributed by atoms with Gasteiger partial charge in [0, 0.05) is 25.6 Å². The van der Waals surface area contributed by atoms with Crippen LogP contribution in [0.3, 0.4) is 0 Å². The van der Waals surface area contributed by atoms with Gasteiger partial charge in [0.2, 0.25) is 5.91 Å². The number of carbonyl (C=O) groups excluding carboxylic acids is 1. The van der Waals surface area contributed by atoms with Crippen LogP contribution >= 0.6 is 0 Å². The molecule has 0 aromatic heterocycles. The molecule has 1 aromatic rings. The molecule has 0 atom stereocenters. The summed E-state index contributed by atoms with van der Waals surface area (Å²) in [5.74, 6) is 0.0597. The molecule has 0 saturated carbocycles. The van der Waals surface area contributed by atoms with Crippen LogP contribution in [0.25, 0.3) is 0 Å². The van der Waals surface area contributed by atoms with Crippen molar-refractivity contribution in [3.05, 3.63) is 33.9 Å². The minimum Gasteiger partial charge on any atom is -0.393 e. The number of hydrogen-bond donors (Lipinski definition) is 1. The topological polar surface area (TPSA) is 89.5 Å². The highest BCUT2D eigenvalue weighted by Gasteiger charge is 2.14. The number of nitro benzene ring substituents is 1. The molecule has 1 amide bonds. The van der Waals surface area contributed by atoms with E-state index in [0.717, 1.165) is 5.56 Å². The first-order chi connectivity index (χ1) is 8.99. The van der Waals surface area contributed by atoms with E-state index in [2.05, 4.69) is 0 Å². The van der Waals surface area contributed by atoms with Crippen molar-refractivity contribution in [3.8, 4) is 0 Å². The fourth-order valence-electron chi connectivity index (χ4n) is 1.89. The standard InChI is InChI=1S/C13H19N3O3/c1-3-15(4-2)13(17)8-6-10-5-7-11(14)12(9-10)16(18)19/h5,7,9H,3-4,6,8,14H2,1-2H3. The lowest BCUT2D eigenvalue weighted by Crippen LogP contribution is -2.30. The van der Waals surface area contributed by atoms with Gasteiger partial charge in [-0.05, 0) is 31.9 Å². The van der Waals surface area contributed by atoms with E-state index in [4.69, 9.17) is 5.73 Å². The van der Waals surface area contributed by atoms with Gasteiger partial charge in [-0.3, -0.25) is 14.9 Å². The highest BCUT2D eigenvalue weighted by molar-refractivity contribution is 5.76. The van der Waals surface area contributed by atoms with Crippen LogP contribution in [-0.2, 0) is 11.2 Å². The van der Waals surface area contributed by atoms with E-state index in [0.29, 0.717) is 25.9 Å². The average Bonchev–Trinajstić information content (AvgIpc) is 2.38. The molecule has 0 aliphatic rings. The van der Waals surface area contributed by atoms with E-state index >= 15 is 0 Å². The van der Waals surface area contributed by atoms with Crippen LogP contribution in [0.4, 0.5) is 11.4 Å². The van der Waals surface area contributed by atoms with Gasteiger partial charge in [-0.25, -0.2) is 0 Å². The van der Waals surface area contributed by atoms with Crippen molar-refractivity contribution < 1.29 is 9.72 Å². The molecule has 0 saturated heterocycles. The van der Waals surface area contributed by atoms with E-state index in [1.165, 1.54) is 12.1 Å². The molecule has 0 fully saturated rings. The van der Waals surface area contributed by atoms with Crippen LogP contribution in [0, 0.1) is 10.1 Å². The molecular formula is C13H19N3O3. The molecule has 6 heteroatoms. The van der Waals surface area contributed by atoms with E-state index in [1.807, 2.05) is 13.8 Å². The first-order valence-corrected chi connectivity index (χ1v) is 6.30. The molecule has 19 heavy (non-hydrogen) atoms. The lowest BCUT2D eigenvalue weighted by atomic mass is 10.1. The van der Waals surface area contributed by atoms with Crippen LogP contribution in [0.2, 0.25) is 0 Å². The smallest absolute Gasteiger partial charge is 0.292 e. The van der Waals surface area contributed by atoms with Crippen LogP contribution in [-0.4, -0.2) is 28.8 Å². The maximum Gasteiger partial charge on any atom is 0.292 e.